The molecule has 0 aliphatic carbocycles. The molecule has 0 spiro atoms. The minimum atomic E-state index is -0.130. The fraction of sp³-hybridized carbons (Fsp3) is 0.208. The number of carbonyl (C=O) groups is 1. The van der Waals surface area contributed by atoms with Crippen LogP contribution >= 0.6 is 0 Å². The van der Waals surface area contributed by atoms with Crippen LogP contribution in [-0.2, 0) is 19.5 Å². The predicted octanol–water partition coefficient (Wildman–Crippen LogP) is 2.81. The number of ether oxygens (including phenoxy) is 2. The molecule has 0 fully saturated rings. The van der Waals surface area contributed by atoms with Gasteiger partial charge in [0.25, 0.3) is 5.91 Å². The molecule has 2 heterocycles. The number of hydrogen-bond donors (Lipinski definition) is 2. The molecule has 5 heteroatoms. The van der Waals surface area contributed by atoms with Gasteiger partial charge >= 0.3 is 0 Å². The van der Waals surface area contributed by atoms with Gasteiger partial charge in [-0.1, -0.05) is 36.4 Å². The van der Waals surface area contributed by atoms with Gasteiger partial charge in [0, 0.05) is 34.9 Å². The molecular weight excluding hydrogens is 364 g/mol. The summed E-state index contributed by atoms with van der Waals surface area (Å²) >= 11 is 0. The van der Waals surface area contributed by atoms with E-state index >= 15 is 0 Å². The highest BCUT2D eigenvalue weighted by Gasteiger charge is 2.19. The van der Waals surface area contributed by atoms with Crippen molar-refractivity contribution in [3.63, 3.8) is 0 Å². The molecule has 3 aromatic carbocycles. The van der Waals surface area contributed by atoms with E-state index in [1.165, 1.54) is 16.7 Å². The third-order valence-corrected chi connectivity index (χ3v) is 5.61. The van der Waals surface area contributed by atoms with Gasteiger partial charge in [-0.25, -0.2) is 0 Å². The molecule has 5 rings (SSSR count). The molecule has 5 nitrogen and oxygen atoms in total. The normalized spacial score (nSPS) is 16.9. The lowest BCUT2D eigenvalue weighted by molar-refractivity contribution is -0.929. The van der Waals surface area contributed by atoms with Gasteiger partial charge in [0.05, 0.1) is 6.54 Å². The van der Waals surface area contributed by atoms with Crippen LogP contribution in [0.15, 0.2) is 66.7 Å². The van der Waals surface area contributed by atoms with Crippen LogP contribution in [0, 0.1) is 0 Å². The van der Waals surface area contributed by atoms with E-state index in [0.717, 1.165) is 26.1 Å². The smallest absolute Gasteiger partial charge is 0.255 e. The first kappa shape index (κ1) is 17.8. The molecule has 2 aliphatic heterocycles. The van der Waals surface area contributed by atoms with Crippen molar-refractivity contribution >= 4 is 11.6 Å². The monoisotopic (exact) mass is 387 g/mol. The third kappa shape index (κ3) is 3.82. The summed E-state index contributed by atoms with van der Waals surface area (Å²) in [5, 5.41) is 2.92. The van der Waals surface area contributed by atoms with Crippen LogP contribution in [0.1, 0.15) is 27.0 Å². The summed E-state index contributed by atoms with van der Waals surface area (Å²) in [5.74, 6) is 1.23. The number of amides is 1. The number of anilines is 1. The van der Waals surface area contributed by atoms with Crippen molar-refractivity contribution in [1.29, 1.82) is 0 Å². The second-order valence-corrected chi connectivity index (χ2v) is 7.59. The maximum atomic E-state index is 12.6. The zero-order valence-electron chi connectivity index (χ0n) is 16.1. The highest BCUT2D eigenvalue weighted by atomic mass is 16.7. The molecule has 1 atom stereocenters. The summed E-state index contributed by atoms with van der Waals surface area (Å²) in [6, 6.07) is 22.0. The fourth-order valence-electron chi connectivity index (χ4n) is 4.03. The lowest BCUT2D eigenvalue weighted by Gasteiger charge is -2.26. The lowest BCUT2D eigenvalue weighted by Crippen LogP contribution is -3.10. The standard InChI is InChI=1S/C24H22N2O3/c27-24(25-21-9-10-22-23(13-21)29-16-28-22)19-7-5-17(6-8-19)14-26-12-11-18-3-1-2-4-20(18)15-26/h1-10,13H,11-12,14-16H2,(H,25,27)/p+1. The van der Waals surface area contributed by atoms with Gasteiger partial charge in [0.1, 0.15) is 13.1 Å². The zero-order chi connectivity index (χ0) is 19.6. The van der Waals surface area contributed by atoms with Crippen LogP contribution in [0.3, 0.4) is 0 Å². The second kappa shape index (κ2) is 7.60. The van der Waals surface area contributed by atoms with Crippen LogP contribution in [0.2, 0.25) is 0 Å². The Morgan fingerprint density at radius 2 is 1.72 bits per heavy atom. The van der Waals surface area contributed by atoms with Crippen molar-refractivity contribution in [1.82, 2.24) is 0 Å². The first-order valence-corrected chi connectivity index (χ1v) is 9.95. The molecule has 29 heavy (non-hydrogen) atoms. The first-order valence-electron chi connectivity index (χ1n) is 9.95. The quantitative estimate of drug-likeness (QED) is 0.724. The van der Waals surface area contributed by atoms with Crippen LogP contribution in [0.5, 0.6) is 11.5 Å². The number of nitrogens with one attached hydrogen (secondary N) is 2. The van der Waals surface area contributed by atoms with Gasteiger partial charge in [-0.05, 0) is 29.8 Å². The van der Waals surface area contributed by atoms with E-state index in [0.29, 0.717) is 22.7 Å². The molecule has 1 amide bonds. The van der Waals surface area contributed by atoms with Crippen LogP contribution in [0.4, 0.5) is 5.69 Å². The molecule has 146 valence electrons. The maximum absolute atomic E-state index is 12.6. The number of carbonyl (C=O) groups excluding carboxylic acids is 1. The Morgan fingerprint density at radius 3 is 2.59 bits per heavy atom. The number of quaternary nitrogens is 1. The Labute approximate surface area is 169 Å². The van der Waals surface area contributed by atoms with Gasteiger partial charge in [-0.3, -0.25) is 4.79 Å². The van der Waals surface area contributed by atoms with E-state index in [1.807, 2.05) is 18.2 Å². The Morgan fingerprint density at radius 1 is 0.931 bits per heavy atom. The van der Waals surface area contributed by atoms with E-state index in [2.05, 4.69) is 41.7 Å². The van der Waals surface area contributed by atoms with Crippen molar-refractivity contribution in [2.24, 2.45) is 0 Å². The van der Waals surface area contributed by atoms with E-state index in [1.54, 1.807) is 17.0 Å². The summed E-state index contributed by atoms with van der Waals surface area (Å²) in [6.45, 7) is 3.39. The Bertz CT molecular complexity index is 1050. The maximum Gasteiger partial charge on any atom is 0.255 e. The van der Waals surface area contributed by atoms with Crippen LogP contribution in [0.25, 0.3) is 0 Å². The second-order valence-electron chi connectivity index (χ2n) is 7.59. The van der Waals surface area contributed by atoms with Crippen LogP contribution < -0.4 is 19.7 Å². The predicted molar refractivity (Wildman–Crippen MR) is 110 cm³/mol. The number of benzene rings is 3. The zero-order valence-corrected chi connectivity index (χ0v) is 16.1. The summed E-state index contributed by atoms with van der Waals surface area (Å²) in [7, 11) is 0. The summed E-state index contributed by atoms with van der Waals surface area (Å²) in [4.78, 5) is 14.1. The van der Waals surface area contributed by atoms with Crippen molar-refractivity contribution in [3.8, 4) is 11.5 Å². The topological polar surface area (TPSA) is 52.0 Å². The third-order valence-electron chi connectivity index (χ3n) is 5.61. The van der Waals surface area contributed by atoms with E-state index in [4.69, 9.17) is 9.47 Å². The van der Waals surface area contributed by atoms with Gasteiger partial charge in [-0.15, -0.1) is 0 Å². The molecule has 0 saturated carbocycles. The van der Waals surface area contributed by atoms with Gasteiger partial charge in [0.2, 0.25) is 6.79 Å². The molecule has 0 radical (unpaired) electrons. The summed E-state index contributed by atoms with van der Waals surface area (Å²) in [6.07, 6.45) is 1.13. The summed E-state index contributed by atoms with van der Waals surface area (Å²) in [5.41, 5.74) is 5.52. The molecule has 1 unspecified atom stereocenters. The van der Waals surface area contributed by atoms with E-state index < -0.39 is 0 Å². The highest BCUT2D eigenvalue weighted by molar-refractivity contribution is 6.04. The van der Waals surface area contributed by atoms with Gasteiger partial charge in [-0.2, -0.15) is 0 Å². The van der Waals surface area contributed by atoms with Crippen LogP contribution in [-0.4, -0.2) is 19.2 Å². The molecule has 3 aromatic rings. The first-order chi connectivity index (χ1) is 14.2. The summed E-state index contributed by atoms with van der Waals surface area (Å²) < 4.78 is 10.7. The fourth-order valence-corrected chi connectivity index (χ4v) is 4.03. The molecule has 0 aromatic heterocycles. The number of rotatable bonds is 4. The van der Waals surface area contributed by atoms with Crippen molar-refractivity contribution in [2.75, 3.05) is 18.7 Å². The number of fused-ring (bicyclic) bond motifs is 2. The number of hydrogen-bond acceptors (Lipinski definition) is 3. The largest absolute Gasteiger partial charge is 0.454 e. The average Bonchev–Trinajstić information content (AvgIpc) is 3.22. The van der Waals surface area contributed by atoms with Crippen molar-refractivity contribution < 1.29 is 19.2 Å². The Kier molecular flexibility index (Phi) is 4.66. The minimum Gasteiger partial charge on any atom is -0.454 e. The van der Waals surface area contributed by atoms with E-state index in [9.17, 15) is 4.79 Å². The minimum absolute atomic E-state index is 0.130. The lowest BCUT2D eigenvalue weighted by atomic mass is 9.99. The average molecular weight is 387 g/mol. The highest BCUT2D eigenvalue weighted by Crippen LogP contribution is 2.34. The van der Waals surface area contributed by atoms with Crippen molar-refractivity contribution in [2.45, 2.75) is 19.5 Å². The molecule has 2 aliphatic rings. The Hall–Kier alpha value is -3.31. The SMILES string of the molecule is O=C(Nc1ccc2c(c1)OCO2)c1ccc(C[NH+]2CCc3ccccc3C2)cc1. The Balaban J connectivity index is 1.22. The van der Waals surface area contributed by atoms with E-state index in [-0.39, 0.29) is 12.7 Å². The molecule has 2 N–H and O–H groups in total. The molecular formula is C24H23N2O3+. The molecule has 0 saturated heterocycles. The van der Waals surface area contributed by atoms with Gasteiger partial charge in [0.15, 0.2) is 11.5 Å². The molecule has 0 bridgehead atoms. The van der Waals surface area contributed by atoms with Crippen molar-refractivity contribution in [3.05, 3.63) is 89.0 Å². The van der Waals surface area contributed by atoms with Gasteiger partial charge < -0.3 is 19.7 Å².